The van der Waals surface area contributed by atoms with E-state index in [4.69, 9.17) is 4.74 Å². The van der Waals surface area contributed by atoms with Crippen LogP contribution in [0.3, 0.4) is 0 Å². The van der Waals surface area contributed by atoms with Gasteiger partial charge in [0.1, 0.15) is 12.0 Å². The van der Waals surface area contributed by atoms with Gasteiger partial charge in [-0.25, -0.2) is 0 Å². The molecular formula is C28H42Br2N2O3. The van der Waals surface area contributed by atoms with E-state index >= 15 is 0 Å². The zero-order chi connectivity index (χ0) is 22.5. The Kier molecular flexibility index (Phi) is 13.7. The Morgan fingerprint density at radius 2 is 1.54 bits per heavy atom. The van der Waals surface area contributed by atoms with Gasteiger partial charge in [-0.2, -0.15) is 0 Å². The highest BCUT2D eigenvalue weighted by atomic mass is 79.9. The molecule has 2 N–H and O–H groups in total. The van der Waals surface area contributed by atoms with Crippen molar-refractivity contribution in [2.24, 2.45) is 11.8 Å². The van der Waals surface area contributed by atoms with Gasteiger partial charge in [-0.3, -0.25) is 4.79 Å². The van der Waals surface area contributed by atoms with Crippen molar-refractivity contribution in [2.45, 2.75) is 50.7 Å². The lowest BCUT2D eigenvalue weighted by Gasteiger charge is -2.51. The normalized spacial score (nSPS) is 23.6. The van der Waals surface area contributed by atoms with E-state index in [2.05, 4.69) is 30.8 Å². The highest BCUT2D eigenvalue weighted by molar-refractivity contribution is 8.93. The van der Waals surface area contributed by atoms with E-state index < -0.39 is 0 Å². The van der Waals surface area contributed by atoms with Crippen LogP contribution in [0.1, 0.15) is 49.7 Å². The Morgan fingerprint density at radius 1 is 0.971 bits per heavy atom. The summed E-state index contributed by atoms with van der Waals surface area (Å²) in [6.45, 7) is 5.49. The lowest BCUT2D eigenvalue weighted by molar-refractivity contribution is -0.168. The first-order valence-corrected chi connectivity index (χ1v) is 12.3. The minimum absolute atomic E-state index is 0. The highest BCUT2D eigenvalue weighted by Gasteiger charge is 2.47. The maximum absolute atomic E-state index is 13.7. The van der Waals surface area contributed by atoms with Crippen molar-refractivity contribution in [1.29, 1.82) is 0 Å². The third kappa shape index (κ3) is 7.62. The topological polar surface area (TPSA) is 64.3 Å². The summed E-state index contributed by atoms with van der Waals surface area (Å²) in [7, 11) is 4.34. The fourth-order valence-corrected chi connectivity index (χ4v) is 5.80. The van der Waals surface area contributed by atoms with Gasteiger partial charge in [0.25, 0.3) is 0 Å². The lowest BCUT2D eigenvalue weighted by Crippen LogP contribution is -2.60. The largest absolute Gasteiger partial charge is 0.461 e. The molecule has 7 heteroatoms. The third-order valence-electron chi connectivity index (χ3n) is 7.42. The zero-order valence-electron chi connectivity index (χ0n) is 21.1. The van der Waals surface area contributed by atoms with Crippen molar-refractivity contribution >= 4 is 39.9 Å². The number of benzene rings is 2. The molecule has 2 fully saturated rings. The number of nitrogens with zero attached hydrogens (tertiary/aromatic N) is 2. The van der Waals surface area contributed by atoms with Gasteiger partial charge in [0, 0.05) is 31.0 Å². The van der Waals surface area contributed by atoms with Crippen LogP contribution in [0.25, 0.3) is 0 Å². The van der Waals surface area contributed by atoms with Crippen LogP contribution in [0.15, 0.2) is 60.7 Å². The van der Waals surface area contributed by atoms with Gasteiger partial charge in [0.05, 0.1) is 0 Å². The molecule has 1 saturated carbocycles. The Hall–Kier alpha value is -1.25. The Bertz CT molecular complexity index is 830. The van der Waals surface area contributed by atoms with E-state index in [9.17, 15) is 4.79 Å². The van der Waals surface area contributed by atoms with Crippen LogP contribution in [0, 0.1) is 11.8 Å². The average Bonchev–Trinajstić information content (AvgIpc) is 2.79. The first-order valence-electron chi connectivity index (χ1n) is 12.3. The Balaban J connectivity index is 0.00000204. The molecule has 4 atom stereocenters. The van der Waals surface area contributed by atoms with Gasteiger partial charge >= 0.3 is 5.97 Å². The zero-order valence-corrected chi connectivity index (χ0v) is 24.6. The summed E-state index contributed by atoms with van der Waals surface area (Å²) in [5.41, 5.74) is 2.00. The third-order valence-corrected chi connectivity index (χ3v) is 7.42. The van der Waals surface area contributed by atoms with Crippen molar-refractivity contribution in [1.82, 2.24) is 9.80 Å². The summed E-state index contributed by atoms with van der Waals surface area (Å²) in [6.07, 6.45) is 4.77. The Morgan fingerprint density at radius 3 is 2.06 bits per heavy atom. The molecule has 0 amide bonds. The number of hydrogen-bond donors (Lipinski definition) is 0. The SMILES string of the molecule is Br.Br.CCCCN1CC2CC[C@@H](N(C)C)C(C1)[C@@H]2OC(=O)C(c1ccccc1)c1ccccc1.O. The van der Waals surface area contributed by atoms with Crippen LogP contribution in [0.5, 0.6) is 0 Å². The predicted octanol–water partition coefficient (Wildman–Crippen LogP) is 5.13. The molecule has 5 nitrogen and oxygen atoms in total. The van der Waals surface area contributed by atoms with Crippen molar-refractivity contribution < 1.29 is 15.0 Å². The molecule has 2 aliphatic rings. The molecule has 2 bridgehead atoms. The number of halogens is 2. The number of hydrogen-bond acceptors (Lipinski definition) is 4. The molecule has 196 valence electrons. The monoisotopic (exact) mass is 612 g/mol. The molecule has 35 heavy (non-hydrogen) atoms. The maximum atomic E-state index is 13.7. The molecular weight excluding hydrogens is 572 g/mol. The quantitative estimate of drug-likeness (QED) is 0.387. The van der Waals surface area contributed by atoms with E-state index in [-0.39, 0.29) is 57.4 Å². The molecule has 0 spiro atoms. The lowest BCUT2D eigenvalue weighted by atomic mass is 9.71. The molecule has 1 saturated heterocycles. The fraction of sp³-hybridized carbons (Fsp3) is 0.536. The van der Waals surface area contributed by atoms with Gasteiger partial charge in [-0.15, -0.1) is 34.0 Å². The number of esters is 1. The number of rotatable bonds is 8. The van der Waals surface area contributed by atoms with Crippen LogP contribution in [-0.4, -0.2) is 67.1 Å². The van der Waals surface area contributed by atoms with Gasteiger partial charge < -0.3 is 20.0 Å². The van der Waals surface area contributed by atoms with E-state index in [1.54, 1.807) is 0 Å². The summed E-state index contributed by atoms with van der Waals surface area (Å²) < 4.78 is 6.47. The van der Waals surface area contributed by atoms with E-state index in [0.717, 1.165) is 37.2 Å². The first-order chi connectivity index (χ1) is 15.6. The van der Waals surface area contributed by atoms with Crippen LogP contribution >= 0.6 is 34.0 Å². The summed E-state index contributed by atoms with van der Waals surface area (Å²) in [6, 6.07) is 20.6. The van der Waals surface area contributed by atoms with Crippen LogP contribution in [0.2, 0.25) is 0 Å². The second kappa shape index (κ2) is 15.1. The van der Waals surface area contributed by atoms with Crippen molar-refractivity contribution in [3.05, 3.63) is 71.8 Å². The molecule has 2 unspecified atom stereocenters. The van der Waals surface area contributed by atoms with Crippen LogP contribution in [-0.2, 0) is 9.53 Å². The summed E-state index contributed by atoms with van der Waals surface area (Å²) in [5, 5.41) is 0. The molecule has 2 aromatic rings. The van der Waals surface area contributed by atoms with E-state index in [0.29, 0.717) is 17.9 Å². The predicted molar refractivity (Wildman–Crippen MR) is 154 cm³/mol. The van der Waals surface area contributed by atoms with Crippen LogP contribution in [0.4, 0.5) is 0 Å². The molecule has 1 aliphatic heterocycles. The number of ether oxygens (including phenoxy) is 1. The Labute approximate surface area is 232 Å². The number of carbonyl (C=O) groups excluding carboxylic acids is 1. The molecule has 1 aliphatic carbocycles. The van der Waals surface area contributed by atoms with Gasteiger partial charge in [0.2, 0.25) is 0 Å². The summed E-state index contributed by atoms with van der Waals surface area (Å²) in [5.74, 6) is 0.307. The maximum Gasteiger partial charge on any atom is 0.318 e. The molecule has 0 radical (unpaired) electrons. The molecule has 0 aromatic heterocycles. The van der Waals surface area contributed by atoms with Gasteiger partial charge in [-0.05, 0) is 51.0 Å². The standard InChI is InChI=1S/C28H38N2O2.2BrH.H2O/c1-4-5-18-30-19-23-16-17-25(29(2)3)24(20-30)27(23)32-28(31)26(21-12-8-6-9-13-21)22-14-10-7-11-15-22;;;/h6-15,23-27H,4-5,16-20H2,1-3H3;2*1H;1H2/t23?,24?,25-,27-;;;/m1.../s1. The average molecular weight is 614 g/mol. The minimum Gasteiger partial charge on any atom is -0.461 e. The molecule has 1 heterocycles. The van der Waals surface area contributed by atoms with Gasteiger partial charge in [0.15, 0.2) is 0 Å². The summed E-state index contributed by atoms with van der Waals surface area (Å²) in [4.78, 5) is 18.7. The number of fused-ring (bicyclic) bond motifs is 2. The summed E-state index contributed by atoms with van der Waals surface area (Å²) >= 11 is 0. The van der Waals surface area contributed by atoms with Crippen molar-refractivity contribution in [3.63, 3.8) is 0 Å². The fourth-order valence-electron chi connectivity index (χ4n) is 5.80. The molecule has 2 aromatic carbocycles. The minimum atomic E-state index is -0.381. The second-order valence-electron chi connectivity index (χ2n) is 9.80. The highest BCUT2D eigenvalue weighted by Crippen LogP contribution is 2.40. The number of likely N-dealkylation sites (tertiary alicyclic amines) is 1. The first kappa shape index (κ1) is 31.8. The van der Waals surface area contributed by atoms with E-state index in [1.807, 2.05) is 60.7 Å². The number of carbonyl (C=O) groups is 1. The van der Waals surface area contributed by atoms with Crippen molar-refractivity contribution in [2.75, 3.05) is 33.7 Å². The molecule has 4 rings (SSSR count). The second-order valence-corrected chi connectivity index (χ2v) is 9.80. The number of unbranched alkanes of at least 4 members (excludes halogenated alkanes) is 1. The van der Waals surface area contributed by atoms with Crippen molar-refractivity contribution in [3.8, 4) is 0 Å². The van der Waals surface area contributed by atoms with Gasteiger partial charge in [-0.1, -0.05) is 74.0 Å². The smallest absolute Gasteiger partial charge is 0.318 e. The van der Waals surface area contributed by atoms with E-state index in [1.165, 1.54) is 19.3 Å². The number of piperidine rings is 1. The van der Waals surface area contributed by atoms with Crippen LogP contribution < -0.4 is 0 Å².